The van der Waals surface area contributed by atoms with Gasteiger partial charge in [0.25, 0.3) is 0 Å². The van der Waals surface area contributed by atoms with Crippen molar-refractivity contribution in [1.82, 2.24) is 0 Å². The SMILES string of the molecule is CCCCCCC=C(O)Br. The third-order valence-corrected chi connectivity index (χ3v) is 1.69. The van der Waals surface area contributed by atoms with Crippen LogP contribution in [0.2, 0.25) is 0 Å². The second kappa shape index (κ2) is 7.13. The monoisotopic (exact) mass is 206 g/mol. The number of aliphatic hydroxyl groups is 1. The number of hydrogen-bond acceptors (Lipinski definition) is 1. The summed E-state index contributed by atoms with van der Waals surface area (Å²) in [5.41, 5.74) is 0. The summed E-state index contributed by atoms with van der Waals surface area (Å²) in [6, 6.07) is 0. The molecule has 2 heteroatoms. The van der Waals surface area contributed by atoms with E-state index in [1.807, 2.05) is 0 Å². The largest absolute Gasteiger partial charge is 0.502 e. The van der Waals surface area contributed by atoms with Crippen molar-refractivity contribution in [2.45, 2.75) is 39.0 Å². The Morgan fingerprint density at radius 1 is 1.40 bits per heavy atom. The minimum Gasteiger partial charge on any atom is -0.502 e. The van der Waals surface area contributed by atoms with Crippen LogP contribution in [0.25, 0.3) is 0 Å². The molecular weight excluding hydrogens is 192 g/mol. The van der Waals surface area contributed by atoms with E-state index in [-0.39, 0.29) is 4.67 Å². The van der Waals surface area contributed by atoms with Crippen LogP contribution in [0.5, 0.6) is 0 Å². The molecule has 0 saturated heterocycles. The maximum absolute atomic E-state index is 8.69. The predicted octanol–water partition coefficient (Wildman–Crippen LogP) is 3.75. The fourth-order valence-electron chi connectivity index (χ4n) is 0.792. The van der Waals surface area contributed by atoms with E-state index in [4.69, 9.17) is 5.11 Å². The van der Waals surface area contributed by atoms with Crippen molar-refractivity contribution < 1.29 is 5.11 Å². The zero-order valence-electron chi connectivity index (χ0n) is 6.44. The molecule has 0 bridgehead atoms. The van der Waals surface area contributed by atoms with Crippen molar-refractivity contribution in [2.75, 3.05) is 0 Å². The number of rotatable bonds is 5. The van der Waals surface area contributed by atoms with Crippen molar-refractivity contribution in [1.29, 1.82) is 0 Å². The molecule has 1 N–H and O–H groups in total. The summed E-state index contributed by atoms with van der Waals surface area (Å²) in [6.07, 6.45) is 7.81. The van der Waals surface area contributed by atoms with E-state index < -0.39 is 0 Å². The van der Waals surface area contributed by atoms with E-state index in [2.05, 4.69) is 22.9 Å². The molecule has 10 heavy (non-hydrogen) atoms. The van der Waals surface area contributed by atoms with Crippen molar-refractivity contribution in [3.05, 3.63) is 10.7 Å². The van der Waals surface area contributed by atoms with Gasteiger partial charge in [-0.25, -0.2) is 0 Å². The lowest BCUT2D eigenvalue weighted by molar-refractivity contribution is 0.456. The van der Waals surface area contributed by atoms with Gasteiger partial charge in [0.15, 0.2) is 4.67 Å². The van der Waals surface area contributed by atoms with Crippen molar-refractivity contribution in [3.63, 3.8) is 0 Å². The zero-order chi connectivity index (χ0) is 7.82. The van der Waals surface area contributed by atoms with Gasteiger partial charge in [-0.15, -0.1) is 0 Å². The minimum absolute atomic E-state index is 0.268. The van der Waals surface area contributed by atoms with Crippen LogP contribution in [0.15, 0.2) is 10.7 Å². The summed E-state index contributed by atoms with van der Waals surface area (Å²) in [5.74, 6) is 0. The quantitative estimate of drug-likeness (QED) is 0.537. The Morgan fingerprint density at radius 3 is 2.60 bits per heavy atom. The summed E-state index contributed by atoms with van der Waals surface area (Å²) in [5, 5.41) is 8.69. The van der Waals surface area contributed by atoms with E-state index in [1.165, 1.54) is 25.7 Å². The van der Waals surface area contributed by atoms with Crippen LogP contribution in [0.3, 0.4) is 0 Å². The molecule has 0 rings (SSSR count). The molecule has 0 saturated carbocycles. The Hall–Kier alpha value is 0.0200. The average molecular weight is 207 g/mol. The van der Waals surface area contributed by atoms with Gasteiger partial charge in [-0.2, -0.15) is 0 Å². The van der Waals surface area contributed by atoms with Crippen molar-refractivity contribution >= 4 is 15.9 Å². The third-order valence-electron chi connectivity index (χ3n) is 1.37. The van der Waals surface area contributed by atoms with Crippen LogP contribution in [-0.4, -0.2) is 5.11 Å². The second-order valence-corrected chi connectivity index (χ2v) is 3.19. The number of halogens is 1. The van der Waals surface area contributed by atoms with Gasteiger partial charge in [0, 0.05) is 0 Å². The van der Waals surface area contributed by atoms with Crippen LogP contribution in [0.4, 0.5) is 0 Å². The highest BCUT2D eigenvalue weighted by molar-refractivity contribution is 9.11. The molecule has 0 aliphatic rings. The molecule has 0 radical (unpaired) electrons. The summed E-state index contributed by atoms with van der Waals surface area (Å²) < 4.78 is 0.268. The fraction of sp³-hybridized carbons (Fsp3) is 0.750. The number of aliphatic hydroxyl groups excluding tert-OH is 1. The maximum atomic E-state index is 8.69. The molecule has 0 atom stereocenters. The van der Waals surface area contributed by atoms with Gasteiger partial charge in [-0.05, 0) is 34.8 Å². The molecule has 0 aliphatic heterocycles. The Bertz CT molecular complexity index is 95.4. The van der Waals surface area contributed by atoms with Gasteiger partial charge in [0.1, 0.15) is 0 Å². The normalized spacial score (nSPS) is 12.0. The molecule has 0 aromatic rings. The fourth-order valence-corrected chi connectivity index (χ4v) is 1.02. The highest BCUT2D eigenvalue weighted by Crippen LogP contribution is 2.06. The molecule has 0 unspecified atom stereocenters. The Labute approximate surface area is 71.3 Å². The Balaban J connectivity index is 2.98. The first-order valence-electron chi connectivity index (χ1n) is 3.82. The third kappa shape index (κ3) is 8.02. The first-order valence-corrected chi connectivity index (χ1v) is 4.61. The molecule has 1 nitrogen and oxygen atoms in total. The highest BCUT2D eigenvalue weighted by atomic mass is 79.9. The summed E-state index contributed by atoms with van der Waals surface area (Å²) in [6.45, 7) is 2.19. The molecule has 0 aliphatic carbocycles. The van der Waals surface area contributed by atoms with Gasteiger partial charge in [-0.1, -0.05) is 26.2 Å². The van der Waals surface area contributed by atoms with Crippen LogP contribution >= 0.6 is 15.9 Å². The lowest BCUT2D eigenvalue weighted by Gasteiger charge is -1.93. The average Bonchev–Trinajstić information content (AvgIpc) is 1.87. The Kier molecular flexibility index (Phi) is 7.15. The topological polar surface area (TPSA) is 20.2 Å². The predicted molar refractivity (Wildman–Crippen MR) is 48.4 cm³/mol. The first-order chi connectivity index (χ1) is 4.77. The second-order valence-electron chi connectivity index (χ2n) is 2.38. The molecule has 0 fully saturated rings. The van der Waals surface area contributed by atoms with Crippen LogP contribution < -0.4 is 0 Å². The van der Waals surface area contributed by atoms with Gasteiger partial charge < -0.3 is 5.11 Å². The molecule has 0 spiro atoms. The van der Waals surface area contributed by atoms with Gasteiger partial charge in [0.05, 0.1) is 0 Å². The van der Waals surface area contributed by atoms with E-state index in [9.17, 15) is 0 Å². The number of allylic oxidation sites excluding steroid dienone is 1. The zero-order valence-corrected chi connectivity index (χ0v) is 8.02. The van der Waals surface area contributed by atoms with Crippen molar-refractivity contribution in [2.24, 2.45) is 0 Å². The van der Waals surface area contributed by atoms with E-state index in [0.29, 0.717) is 0 Å². The summed E-state index contributed by atoms with van der Waals surface area (Å²) in [7, 11) is 0. The molecular formula is C8H15BrO. The van der Waals surface area contributed by atoms with E-state index in [0.717, 1.165) is 6.42 Å². The maximum Gasteiger partial charge on any atom is 0.154 e. The van der Waals surface area contributed by atoms with E-state index >= 15 is 0 Å². The number of hydrogen-bond donors (Lipinski definition) is 1. The van der Waals surface area contributed by atoms with Crippen LogP contribution in [0, 0.1) is 0 Å². The van der Waals surface area contributed by atoms with Crippen molar-refractivity contribution in [3.8, 4) is 0 Å². The minimum atomic E-state index is 0.268. The van der Waals surface area contributed by atoms with Gasteiger partial charge in [0.2, 0.25) is 0 Å². The smallest absolute Gasteiger partial charge is 0.154 e. The van der Waals surface area contributed by atoms with Gasteiger partial charge >= 0.3 is 0 Å². The lowest BCUT2D eigenvalue weighted by atomic mass is 10.2. The summed E-state index contributed by atoms with van der Waals surface area (Å²) in [4.78, 5) is 0. The molecule has 0 heterocycles. The van der Waals surface area contributed by atoms with Gasteiger partial charge in [-0.3, -0.25) is 0 Å². The molecule has 0 aromatic heterocycles. The lowest BCUT2D eigenvalue weighted by Crippen LogP contribution is -1.74. The molecule has 0 aromatic carbocycles. The highest BCUT2D eigenvalue weighted by Gasteiger charge is 1.86. The molecule has 0 amide bonds. The number of unbranched alkanes of at least 4 members (excludes halogenated alkanes) is 4. The molecule has 60 valence electrons. The standard InChI is InChI=1S/C8H15BrO/c1-2-3-4-5-6-7-8(9)10/h7,10H,2-6H2,1H3. The van der Waals surface area contributed by atoms with Crippen LogP contribution in [-0.2, 0) is 0 Å². The van der Waals surface area contributed by atoms with Crippen LogP contribution in [0.1, 0.15) is 39.0 Å². The Morgan fingerprint density at radius 2 is 2.10 bits per heavy atom. The first kappa shape index (κ1) is 10.0. The summed E-state index contributed by atoms with van der Waals surface area (Å²) >= 11 is 2.96. The van der Waals surface area contributed by atoms with E-state index in [1.54, 1.807) is 6.08 Å².